The number of hydrogen-bond donors (Lipinski definition) is 0. The van der Waals surface area contributed by atoms with Crippen LogP contribution in [0.3, 0.4) is 0 Å². The Kier molecular flexibility index (Phi) is 5.92. The molecule has 1 aliphatic carbocycles. The zero-order valence-corrected chi connectivity index (χ0v) is 17.8. The van der Waals surface area contributed by atoms with Crippen LogP contribution in [-0.4, -0.2) is 16.6 Å². The molecule has 0 amide bonds. The molecule has 0 N–H and O–H groups in total. The minimum atomic E-state index is -0.103. The Morgan fingerprint density at radius 1 is 1.33 bits per heavy atom. The number of esters is 1. The zero-order chi connectivity index (χ0) is 19.7. The van der Waals surface area contributed by atoms with Gasteiger partial charge in [0.05, 0.1) is 7.05 Å². The highest BCUT2D eigenvalue weighted by molar-refractivity contribution is 5.77. The van der Waals surface area contributed by atoms with Gasteiger partial charge in [-0.25, -0.2) is 13.9 Å². The maximum absolute atomic E-state index is 12.9. The molecule has 1 fully saturated rings. The second-order valence-electron chi connectivity index (χ2n) is 8.76. The molecule has 3 rings (SSSR count). The van der Waals surface area contributed by atoms with Crippen LogP contribution in [0.5, 0.6) is 0 Å². The van der Waals surface area contributed by atoms with Gasteiger partial charge in [-0.3, -0.25) is 0 Å². The molecule has 1 heterocycles. The van der Waals surface area contributed by atoms with Crippen molar-refractivity contribution in [2.45, 2.75) is 73.0 Å². The molecule has 1 aromatic carbocycles. The number of ether oxygens (including phenoxy) is 1. The van der Waals surface area contributed by atoms with E-state index in [0.717, 1.165) is 36.1 Å². The topological polar surface area (TPSA) is 35.1 Å². The minimum Gasteiger partial charge on any atom is -0.459 e. The van der Waals surface area contributed by atoms with Crippen molar-refractivity contribution in [3.05, 3.63) is 29.6 Å². The van der Waals surface area contributed by atoms with Gasteiger partial charge >= 0.3 is 5.97 Å². The van der Waals surface area contributed by atoms with Crippen molar-refractivity contribution in [3.8, 4) is 0 Å². The molecule has 0 spiro atoms. The predicted molar refractivity (Wildman–Crippen MR) is 108 cm³/mol. The second-order valence-corrected chi connectivity index (χ2v) is 8.76. The standard InChI is InChI=1S/C23H35N2O2/c1-7-22-24(6)19-11-9-16(4)12-20(19)25(22)14-23(26)27-21-13-17(5)8-10-18(21)15(2)3/h9,11-12,15,17-18,21H,7-8,10,13-14H2,1-6H3/q+1/t17-,18+,21?/m1/s1. The number of hydrogen-bond acceptors (Lipinski definition) is 2. The van der Waals surface area contributed by atoms with Gasteiger partial charge in [0.1, 0.15) is 6.10 Å². The summed E-state index contributed by atoms with van der Waals surface area (Å²) in [4.78, 5) is 12.9. The molecule has 1 unspecified atom stereocenters. The molecule has 0 bridgehead atoms. The summed E-state index contributed by atoms with van der Waals surface area (Å²) >= 11 is 0. The predicted octanol–water partition coefficient (Wildman–Crippen LogP) is 4.34. The van der Waals surface area contributed by atoms with E-state index in [1.54, 1.807) is 0 Å². The summed E-state index contributed by atoms with van der Waals surface area (Å²) in [5.41, 5.74) is 3.49. The van der Waals surface area contributed by atoms with Gasteiger partial charge in [0.2, 0.25) is 0 Å². The largest absolute Gasteiger partial charge is 0.459 e. The monoisotopic (exact) mass is 371 g/mol. The highest BCUT2D eigenvalue weighted by Crippen LogP contribution is 2.35. The number of aryl methyl sites for hydroxylation is 2. The number of fused-ring (bicyclic) bond motifs is 1. The SMILES string of the molecule is CCc1n(CC(=O)OC2C[C@H](C)CC[C@H]2C(C)C)c2cc(C)ccc2[n+]1C. The average molecular weight is 372 g/mol. The first-order chi connectivity index (χ1) is 12.8. The van der Waals surface area contributed by atoms with Crippen molar-refractivity contribution in [1.29, 1.82) is 0 Å². The van der Waals surface area contributed by atoms with Gasteiger partial charge in [-0.15, -0.1) is 0 Å². The van der Waals surface area contributed by atoms with Gasteiger partial charge < -0.3 is 4.74 Å². The van der Waals surface area contributed by atoms with E-state index >= 15 is 0 Å². The average Bonchev–Trinajstić information content (AvgIpc) is 2.85. The van der Waals surface area contributed by atoms with Crippen LogP contribution in [0.1, 0.15) is 58.3 Å². The molecule has 1 aromatic heterocycles. The van der Waals surface area contributed by atoms with Crippen LogP contribution >= 0.6 is 0 Å². The number of imidazole rings is 1. The first kappa shape index (κ1) is 19.9. The van der Waals surface area contributed by atoms with Crippen LogP contribution in [0.15, 0.2) is 18.2 Å². The van der Waals surface area contributed by atoms with E-state index < -0.39 is 0 Å². The lowest BCUT2D eigenvalue weighted by molar-refractivity contribution is -0.653. The summed E-state index contributed by atoms with van der Waals surface area (Å²) in [5.74, 6) is 2.72. The van der Waals surface area contributed by atoms with Crippen LogP contribution in [0.2, 0.25) is 0 Å². The van der Waals surface area contributed by atoms with Crippen molar-refractivity contribution in [2.75, 3.05) is 0 Å². The van der Waals surface area contributed by atoms with Crippen LogP contribution in [0.25, 0.3) is 11.0 Å². The number of rotatable bonds is 5. The lowest BCUT2D eigenvalue weighted by Gasteiger charge is -2.36. The molecule has 4 nitrogen and oxygen atoms in total. The molecule has 2 aromatic rings. The summed E-state index contributed by atoms with van der Waals surface area (Å²) in [6.07, 6.45) is 4.34. The first-order valence-electron chi connectivity index (χ1n) is 10.5. The lowest BCUT2D eigenvalue weighted by Crippen LogP contribution is -2.37. The lowest BCUT2D eigenvalue weighted by atomic mass is 9.75. The third kappa shape index (κ3) is 4.04. The molecular formula is C23H35N2O2+. The summed E-state index contributed by atoms with van der Waals surface area (Å²) in [5, 5.41) is 0. The van der Waals surface area contributed by atoms with E-state index in [1.807, 2.05) is 0 Å². The van der Waals surface area contributed by atoms with Gasteiger partial charge in [-0.2, -0.15) is 0 Å². The van der Waals surface area contributed by atoms with E-state index in [-0.39, 0.29) is 12.1 Å². The van der Waals surface area contributed by atoms with Gasteiger partial charge in [0, 0.05) is 6.42 Å². The van der Waals surface area contributed by atoms with E-state index in [2.05, 4.69) is 69.0 Å². The highest BCUT2D eigenvalue weighted by atomic mass is 16.5. The Balaban J connectivity index is 1.84. The number of benzene rings is 1. The van der Waals surface area contributed by atoms with Crippen molar-refractivity contribution in [2.24, 2.45) is 24.8 Å². The highest BCUT2D eigenvalue weighted by Gasteiger charge is 2.34. The second kappa shape index (κ2) is 8.04. The van der Waals surface area contributed by atoms with E-state index in [4.69, 9.17) is 4.74 Å². The fourth-order valence-electron chi connectivity index (χ4n) is 4.78. The zero-order valence-electron chi connectivity index (χ0n) is 17.8. The van der Waals surface area contributed by atoms with Crippen molar-refractivity contribution >= 4 is 17.0 Å². The Morgan fingerprint density at radius 2 is 2.07 bits per heavy atom. The Hall–Kier alpha value is -1.84. The van der Waals surface area contributed by atoms with Crippen molar-refractivity contribution < 1.29 is 14.1 Å². The van der Waals surface area contributed by atoms with Gasteiger partial charge in [-0.05, 0) is 55.2 Å². The van der Waals surface area contributed by atoms with E-state index in [9.17, 15) is 4.79 Å². The quantitative estimate of drug-likeness (QED) is 0.579. The molecule has 0 saturated heterocycles. The van der Waals surface area contributed by atoms with Gasteiger partial charge in [0.25, 0.3) is 5.82 Å². The summed E-state index contributed by atoms with van der Waals surface area (Å²) in [6, 6.07) is 6.44. The molecule has 148 valence electrons. The van der Waals surface area contributed by atoms with Crippen molar-refractivity contribution in [3.63, 3.8) is 0 Å². The summed E-state index contributed by atoms with van der Waals surface area (Å²) in [7, 11) is 2.08. The maximum Gasteiger partial charge on any atom is 0.348 e. The fourth-order valence-corrected chi connectivity index (χ4v) is 4.78. The molecule has 0 radical (unpaired) electrons. The van der Waals surface area contributed by atoms with Gasteiger partial charge in [0.15, 0.2) is 17.6 Å². The van der Waals surface area contributed by atoms with Crippen molar-refractivity contribution in [1.82, 2.24) is 4.57 Å². The molecule has 1 aliphatic rings. The van der Waals surface area contributed by atoms with Crippen LogP contribution in [0, 0.1) is 24.7 Å². The molecule has 1 saturated carbocycles. The van der Waals surface area contributed by atoms with Crippen LogP contribution < -0.4 is 4.57 Å². The molecule has 3 atom stereocenters. The molecule has 27 heavy (non-hydrogen) atoms. The smallest absolute Gasteiger partial charge is 0.348 e. The fraction of sp³-hybridized carbons (Fsp3) is 0.652. The number of nitrogens with zero attached hydrogens (tertiary/aromatic N) is 2. The molecule has 0 aliphatic heterocycles. The Morgan fingerprint density at radius 3 is 2.74 bits per heavy atom. The van der Waals surface area contributed by atoms with Gasteiger partial charge in [-0.1, -0.05) is 40.2 Å². The van der Waals surface area contributed by atoms with Crippen LogP contribution in [-0.2, 0) is 29.5 Å². The molecular weight excluding hydrogens is 336 g/mol. The normalized spacial score (nSPS) is 23.1. The first-order valence-corrected chi connectivity index (χ1v) is 10.5. The third-order valence-electron chi connectivity index (χ3n) is 6.33. The number of aromatic nitrogens is 2. The Labute approximate surface area is 163 Å². The summed E-state index contributed by atoms with van der Waals surface area (Å²) < 4.78 is 10.4. The minimum absolute atomic E-state index is 0.0589. The number of carbonyl (C=O) groups is 1. The summed E-state index contributed by atoms with van der Waals surface area (Å²) in [6.45, 7) is 11.3. The third-order valence-corrected chi connectivity index (χ3v) is 6.33. The van der Waals surface area contributed by atoms with Crippen LogP contribution in [0.4, 0.5) is 0 Å². The maximum atomic E-state index is 12.9. The Bertz CT molecular complexity index is 821. The van der Waals surface area contributed by atoms with E-state index in [0.29, 0.717) is 24.3 Å². The number of carbonyl (C=O) groups excluding carboxylic acids is 1. The molecule has 4 heteroatoms. The van der Waals surface area contributed by atoms with E-state index in [1.165, 1.54) is 12.0 Å².